The smallest absolute Gasteiger partial charge is 0.337 e. The van der Waals surface area contributed by atoms with Gasteiger partial charge in [0.1, 0.15) is 0 Å². The molecule has 0 aliphatic carbocycles. The first-order valence-corrected chi connectivity index (χ1v) is 7.70. The molecule has 1 aliphatic rings. The summed E-state index contributed by atoms with van der Waals surface area (Å²) in [5.74, 6) is 0.153. The summed E-state index contributed by atoms with van der Waals surface area (Å²) in [5.41, 5.74) is 1.04. The first-order chi connectivity index (χ1) is 11.7. The lowest BCUT2D eigenvalue weighted by Crippen LogP contribution is -2.40. The molecule has 0 spiro atoms. The molecule has 2 aromatic rings. The number of benzene rings is 1. The van der Waals surface area contributed by atoms with Crippen molar-refractivity contribution in [3.05, 3.63) is 35.7 Å². The third kappa shape index (κ3) is 4.55. The maximum Gasteiger partial charge on any atom is 0.337 e. The number of halogens is 1. The van der Waals surface area contributed by atoms with Crippen LogP contribution in [-0.4, -0.2) is 41.7 Å². The molecule has 1 saturated heterocycles. The fourth-order valence-corrected chi connectivity index (χ4v) is 2.54. The van der Waals surface area contributed by atoms with E-state index in [1.165, 1.54) is 7.11 Å². The minimum atomic E-state index is -0.433. The molecular formula is C16H19ClN4O4. The third-order valence-corrected chi connectivity index (χ3v) is 3.80. The van der Waals surface area contributed by atoms with Gasteiger partial charge in [-0.05, 0) is 31.5 Å². The Morgan fingerprint density at radius 2 is 2.28 bits per heavy atom. The van der Waals surface area contributed by atoms with E-state index in [9.17, 15) is 9.59 Å². The predicted molar refractivity (Wildman–Crippen MR) is 91.2 cm³/mol. The summed E-state index contributed by atoms with van der Waals surface area (Å²) in [6.07, 6.45) is 1.83. The molecule has 1 aliphatic heterocycles. The molecule has 1 aromatic heterocycles. The SMILES string of the molecule is COC(=O)c1cccc(-c2noc(CNC(=O)C3CCCN3)n2)c1.Cl. The van der Waals surface area contributed by atoms with Gasteiger partial charge in [-0.2, -0.15) is 4.98 Å². The lowest BCUT2D eigenvalue weighted by atomic mass is 10.1. The number of nitrogens with one attached hydrogen (secondary N) is 2. The van der Waals surface area contributed by atoms with Crippen LogP contribution < -0.4 is 10.6 Å². The lowest BCUT2D eigenvalue weighted by Gasteiger charge is -2.08. The highest BCUT2D eigenvalue weighted by molar-refractivity contribution is 5.90. The molecule has 0 saturated carbocycles. The summed E-state index contributed by atoms with van der Waals surface area (Å²) in [6, 6.07) is 6.60. The van der Waals surface area contributed by atoms with Gasteiger partial charge in [-0.15, -0.1) is 12.4 Å². The van der Waals surface area contributed by atoms with Crippen LogP contribution in [0.4, 0.5) is 0 Å². The Labute approximate surface area is 150 Å². The number of amides is 1. The highest BCUT2D eigenvalue weighted by Gasteiger charge is 2.22. The highest BCUT2D eigenvalue weighted by atomic mass is 35.5. The van der Waals surface area contributed by atoms with Gasteiger partial charge < -0.3 is 19.9 Å². The molecule has 2 heterocycles. The van der Waals surface area contributed by atoms with E-state index >= 15 is 0 Å². The van der Waals surface area contributed by atoms with E-state index in [2.05, 4.69) is 25.5 Å². The number of ether oxygens (including phenoxy) is 1. The van der Waals surface area contributed by atoms with Gasteiger partial charge in [-0.1, -0.05) is 17.3 Å². The highest BCUT2D eigenvalue weighted by Crippen LogP contribution is 2.18. The number of nitrogens with zero attached hydrogens (tertiary/aromatic N) is 2. The first kappa shape index (κ1) is 18.9. The topological polar surface area (TPSA) is 106 Å². The van der Waals surface area contributed by atoms with Crippen LogP contribution >= 0.6 is 12.4 Å². The van der Waals surface area contributed by atoms with E-state index in [4.69, 9.17) is 4.52 Å². The standard InChI is InChI=1S/C16H18N4O4.ClH/c1-23-16(22)11-5-2-4-10(8-11)14-19-13(24-20-14)9-18-15(21)12-6-3-7-17-12;/h2,4-5,8,12,17H,3,6-7,9H2,1H3,(H,18,21);1H. The van der Waals surface area contributed by atoms with Crippen molar-refractivity contribution in [1.82, 2.24) is 20.8 Å². The second-order valence-corrected chi connectivity index (χ2v) is 5.45. The minimum Gasteiger partial charge on any atom is -0.465 e. The van der Waals surface area contributed by atoms with Crippen molar-refractivity contribution < 1.29 is 18.8 Å². The predicted octanol–water partition coefficient (Wildman–Crippen LogP) is 1.31. The van der Waals surface area contributed by atoms with E-state index in [-0.39, 0.29) is 30.9 Å². The molecule has 134 valence electrons. The van der Waals surface area contributed by atoms with E-state index in [1.807, 2.05) is 0 Å². The molecule has 0 radical (unpaired) electrons. The molecular weight excluding hydrogens is 348 g/mol. The first-order valence-electron chi connectivity index (χ1n) is 7.70. The molecule has 1 amide bonds. The second-order valence-electron chi connectivity index (χ2n) is 5.45. The minimum absolute atomic E-state index is 0. The zero-order valence-electron chi connectivity index (χ0n) is 13.7. The summed E-state index contributed by atoms with van der Waals surface area (Å²) >= 11 is 0. The summed E-state index contributed by atoms with van der Waals surface area (Å²) in [7, 11) is 1.32. The van der Waals surface area contributed by atoms with Crippen molar-refractivity contribution in [2.24, 2.45) is 0 Å². The molecule has 2 N–H and O–H groups in total. The number of carbonyl (C=O) groups is 2. The van der Waals surface area contributed by atoms with Gasteiger partial charge in [0.2, 0.25) is 17.6 Å². The fourth-order valence-electron chi connectivity index (χ4n) is 2.54. The van der Waals surface area contributed by atoms with E-state index in [0.29, 0.717) is 22.8 Å². The van der Waals surface area contributed by atoms with Crippen LogP contribution in [0.15, 0.2) is 28.8 Å². The normalized spacial score (nSPS) is 16.1. The van der Waals surface area contributed by atoms with Crippen molar-refractivity contribution >= 4 is 24.3 Å². The van der Waals surface area contributed by atoms with Crippen LogP contribution in [0, 0.1) is 0 Å². The molecule has 25 heavy (non-hydrogen) atoms. The Balaban J connectivity index is 0.00000225. The summed E-state index contributed by atoms with van der Waals surface area (Å²) < 4.78 is 9.84. The number of hydrogen-bond acceptors (Lipinski definition) is 7. The van der Waals surface area contributed by atoms with Crippen molar-refractivity contribution in [3.63, 3.8) is 0 Å². The van der Waals surface area contributed by atoms with E-state index < -0.39 is 5.97 Å². The van der Waals surface area contributed by atoms with Crippen LogP contribution in [0.5, 0.6) is 0 Å². The molecule has 1 aromatic carbocycles. The van der Waals surface area contributed by atoms with Gasteiger partial charge >= 0.3 is 5.97 Å². The molecule has 1 unspecified atom stereocenters. The Kier molecular flexibility index (Phi) is 6.49. The summed E-state index contributed by atoms with van der Waals surface area (Å²) in [6.45, 7) is 1.03. The number of rotatable bonds is 5. The van der Waals surface area contributed by atoms with Gasteiger partial charge in [-0.25, -0.2) is 4.79 Å². The average Bonchev–Trinajstić information content (AvgIpc) is 3.30. The lowest BCUT2D eigenvalue weighted by molar-refractivity contribution is -0.123. The van der Waals surface area contributed by atoms with Crippen LogP contribution in [0.2, 0.25) is 0 Å². The van der Waals surface area contributed by atoms with Crippen molar-refractivity contribution in [2.45, 2.75) is 25.4 Å². The van der Waals surface area contributed by atoms with Gasteiger partial charge in [0, 0.05) is 5.56 Å². The van der Waals surface area contributed by atoms with Crippen molar-refractivity contribution in [1.29, 1.82) is 0 Å². The zero-order valence-corrected chi connectivity index (χ0v) is 14.5. The number of carbonyl (C=O) groups excluding carboxylic acids is 2. The Morgan fingerprint density at radius 3 is 3.00 bits per heavy atom. The van der Waals surface area contributed by atoms with Crippen LogP contribution in [0.25, 0.3) is 11.4 Å². The molecule has 1 fully saturated rings. The van der Waals surface area contributed by atoms with Crippen LogP contribution in [-0.2, 0) is 16.1 Å². The largest absolute Gasteiger partial charge is 0.465 e. The quantitative estimate of drug-likeness (QED) is 0.768. The Bertz CT molecular complexity index is 743. The van der Waals surface area contributed by atoms with E-state index in [1.54, 1.807) is 24.3 Å². The Hall–Kier alpha value is -2.45. The Morgan fingerprint density at radius 1 is 1.44 bits per heavy atom. The van der Waals surface area contributed by atoms with Gasteiger partial charge in [0.25, 0.3) is 0 Å². The summed E-state index contributed by atoms with van der Waals surface area (Å²) in [4.78, 5) is 27.7. The molecule has 1 atom stereocenters. The van der Waals surface area contributed by atoms with E-state index in [0.717, 1.165) is 19.4 Å². The van der Waals surface area contributed by atoms with Crippen LogP contribution in [0.3, 0.4) is 0 Å². The molecule has 8 nitrogen and oxygen atoms in total. The van der Waals surface area contributed by atoms with Gasteiger partial charge in [0.05, 0.1) is 25.3 Å². The number of hydrogen-bond donors (Lipinski definition) is 2. The van der Waals surface area contributed by atoms with Crippen LogP contribution in [0.1, 0.15) is 29.1 Å². The maximum absolute atomic E-state index is 11.9. The van der Waals surface area contributed by atoms with Gasteiger partial charge in [0.15, 0.2) is 0 Å². The number of methoxy groups -OCH3 is 1. The van der Waals surface area contributed by atoms with Gasteiger partial charge in [-0.3, -0.25) is 4.79 Å². The monoisotopic (exact) mass is 366 g/mol. The second kappa shape index (κ2) is 8.59. The molecule has 9 heteroatoms. The maximum atomic E-state index is 11.9. The average molecular weight is 367 g/mol. The molecule has 3 rings (SSSR count). The fraction of sp³-hybridized carbons (Fsp3) is 0.375. The number of aromatic nitrogens is 2. The number of esters is 1. The van der Waals surface area contributed by atoms with Crippen molar-refractivity contribution in [2.75, 3.05) is 13.7 Å². The zero-order chi connectivity index (χ0) is 16.9. The molecule has 0 bridgehead atoms. The summed E-state index contributed by atoms with van der Waals surface area (Å²) in [5, 5.41) is 9.78. The van der Waals surface area contributed by atoms with Crippen molar-refractivity contribution in [3.8, 4) is 11.4 Å². The third-order valence-electron chi connectivity index (χ3n) is 3.80.